The molecule has 0 aliphatic carbocycles. The van der Waals surface area contributed by atoms with E-state index in [1.807, 2.05) is 6.07 Å². The van der Waals surface area contributed by atoms with Crippen molar-refractivity contribution in [3.63, 3.8) is 0 Å². The molecule has 0 fully saturated rings. The van der Waals surface area contributed by atoms with Gasteiger partial charge in [-0.05, 0) is 37.1 Å². The van der Waals surface area contributed by atoms with E-state index in [1.165, 1.54) is 4.90 Å². The predicted molar refractivity (Wildman–Crippen MR) is 79.0 cm³/mol. The maximum atomic E-state index is 11.9. The quantitative estimate of drug-likeness (QED) is 0.785. The third-order valence-electron chi connectivity index (χ3n) is 3.20. The Morgan fingerprint density at radius 2 is 2.00 bits per heavy atom. The minimum atomic E-state index is -0.823. The Kier molecular flexibility index (Phi) is 6.21. The number of urea groups is 1. The Morgan fingerprint density at radius 1 is 1.38 bits per heavy atom. The average Bonchev–Trinajstić information content (AvgIpc) is 2.50. The average molecular weight is 289 g/mol. The van der Waals surface area contributed by atoms with Gasteiger partial charge in [0.1, 0.15) is 0 Å². The second kappa shape index (κ2) is 7.90. The maximum Gasteiger partial charge on any atom is 0.321 e. The number of rotatable bonds is 6. The van der Waals surface area contributed by atoms with Crippen molar-refractivity contribution in [3.8, 4) is 6.07 Å². The summed E-state index contributed by atoms with van der Waals surface area (Å²) in [4.78, 5) is 24.0. The fraction of sp³-hybridized carbons (Fsp3) is 0.400. The highest BCUT2D eigenvalue weighted by atomic mass is 16.4. The van der Waals surface area contributed by atoms with Crippen LogP contribution in [-0.2, 0) is 4.79 Å². The van der Waals surface area contributed by atoms with E-state index in [0.717, 1.165) is 0 Å². The molecule has 6 nitrogen and oxygen atoms in total. The van der Waals surface area contributed by atoms with Crippen LogP contribution in [0.1, 0.15) is 25.3 Å². The van der Waals surface area contributed by atoms with Crippen LogP contribution in [0.5, 0.6) is 0 Å². The number of benzene rings is 1. The van der Waals surface area contributed by atoms with Crippen LogP contribution in [-0.4, -0.2) is 30.7 Å². The summed E-state index contributed by atoms with van der Waals surface area (Å²) in [5, 5.41) is 20.2. The van der Waals surface area contributed by atoms with Crippen LogP contribution in [0.2, 0.25) is 0 Å². The molecule has 0 aliphatic heterocycles. The van der Waals surface area contributed by atoms with Crippen molar-refractivity contribution in [1.29, 1.82) is 5.26 Å². The van der Waals surface area contributed by atoms with Crippen LogP contribution in [0.25, 0.3) is 0 Å². The van der Waals surface area contributed by atoms with Crippen LogP contribution in [0, 0.1) is 17.2 Å². The summed E-state index contributed by atoms with van der Waals surface area (Å²) in [6.07, 6.45) is 1.14. The smallest absolute Gasteiger partial charge is 0.321 e. The Balaban J connectivity index is 2.40. The molecule has 0 saturated heterocycles. The number of nitrogens with one attached hydrogen (secondary N) is 1. The van der Waals surface area contributed by atoms with Crippen LogP contribution >= 0.6 is 0 Å². The van der Waals surface area contributed by atoms with Crippen molar-refractivity contribution in [1.82, 2.24) is 5.32 Å². The lowest BCUT2D eigenvalue weighted by Crippen LogP contribution is -2.37. The number of amides is 2. The molecule has 1 aromatic rings. The van der Waals surface area contributed by atoms with Gasteiger partial charge in [-0.15, -0.1) is 0 Å². The van der Waals surface area contributed by atoms with Gasteiger partial charge in [-0.3, -0.25) is 9.69 Å². The van der Waals surface area contributed by atoms with Crippen molar-refractivity contribution in [2.24, 2.45) is 5.92 Å². The molecule has 2 amide bonds. The number of carboxylic acid groups (broad SMARTS) is 1. The van der Waals surface area contributed by atoms with Gasteiger partial charge in [0.15, 0.2) is 0 Å². The molecule has 0 aromatic heterocycles. The molecule has 2 N–H and O–H groups in total. The largest absolute Gasteiger partial charge is 0.481 e. The van der Waals surface area contributed by atoms with E-state index >= 15 is 0 Å². The Hall–Kier alpha value is -2.55. The lowest BCUT2D eigenvalue weighted by Gasteiger charge is -2.18. The Labute approximate surface area is 124 Å². The van der Waals surface area contributed by atoms with Crippen LogP contribution in [0.4, 0.5) is 10.5 Å². The highest BCUT2D eigenvalue weighted by Crippen LogP contribution is 2.13. The molecule has 0 bridgehead atoms. The second-order valence-corrected chi connectivity index (χ2v) is 4.83. The summed E-state index contributed by atoms with van der Waals surface area (Å²) < 4.78 is 0. The first kappa shape index (κ1) is 16.5. The number of carbonyl (C=O) groups excluding carboxylic acids is 1. The SMILES string of the molecule is CC(CCCNC(=O)N(C)c1ccc(C#N)cc1)C(=O)O. The molecule has 112 valence electrons. The standard InChI is InChI=1S/C15H19N3O3/c1-11(14(19)20)4-3-9-17-15(21)18(2)13-7-5-12(10-16)6-8-13/h5-8,11H,3-4,9H2,1-2H3,(H,17,21)(H,19,20). The van der Waals surface area contributed by atoms with Gasteiger partial charge in [-0.25, -0.2) is 4.79 Å². The molecule has 1 aromatic carbocycles. The molecule has 1 unspecified atom stereocenters. The van der Waals surface area contributed by atoms with Gasteiger partial charge in [0.05, 0.1) is 17.6 Å². The maximum absolute atomic E-state index is 11.9. The van der Waals surface area contributed by atoms with Crippen molar-refractivity contribution in [2.75, 3.05) is 18.5 Å². The van der Waals surface area contributed by atoms with Gasteiger partial charge in [0, 0.05) is 19.3 Å². The highest BCUT2D eigenvalue weighted by molar-refractivity contribution is 5.91. The predicted octanol–water partition coefficient (Wildman–Crippen LogP) is 2.20. The second-order valence-electron chi connectivity index (χ2n) is 4.83. The molecule has 6 heteroatoms. The van der Waals surface area contributed by atoms with Gasteiger partial charge in [-0.1, -0.05) is 6.92 Å². The van der Waals surface area contributed by atoms with E-state index in [0.29, 0.717) is 30.6 Å². The topological polar surface area (TPSA) is 93.4 Å². The van der Waals surface area contributed by atoms with Gasteiger partial charge in [0.25, 0.3) is 0 Å². The van der Waals surface area contributed by atoms with Gasteiger partial charge in [-0.2, -0.15) is 5.26 Å². The lowest BCUT2D eigenvalue weighted by molar-refractivity contribution is -0.141. The van der Waals surface area contributed by atoms with E-state index in [4.69, 9.17) is 10.4 Å². The molecule has 0 heterocycles. The lowest BCUT2D eigenvalue weighted by atomic mass is 10.1. The zero-order valence-electron chi connectivity index (χ0n) is 12.2. The summed E-state index contributed by atoms with van der Waals surface area (Å²) in [5.41, 5.74) is 1.22. The molecule has 1 atom stereocenters. The third kappa shape index (κ3) is 5.15. The van der Waals surface area contributed by atoms with E-state index < -0.39 is 11.9 Å². The molecule has 1 rings (SSSR count). The minimum Gasteiger partial charge on any atom is -0.481 e. The first-order valence-electron chi connectivity index (χ1n) is 6.70. The third-order valence-corrected chi connectivity index (χ3v) is 3.20. The van der Waals surface area contributed by atoms with E-state index in [-0.39, 0.29) is 6.03 Å². The Bertz CT molecular complexity index is 534. The summed E-state index contributed by atoms with van der Waals surface area (Å²) in [6.45, 7) is 2.07. The summed E-state index contributed by atoms with van der Waals surface area (Å²) in [5.74, 6) is -1.23. The number of nitriles is 1. The molecular weight excluding hydrogens is 270 g/mol. The van der Waals surface area contributed by atoms with Crippen LogP contribution < -0.4 is 10.2 Å². The van der Waals surface area contributed by atoms with Crippen LogP contribution in [0.3, 0.4) is 0 Å². The molecule has 0 aliphatic rings. The number of carbonyl (C=O) groups is 2. The zero-order chi connectivity index (χ0) is 15.8. The number of hydrogen-bond donors (Lipinski definition) is 2. The van der Waals surface area contributed by atoms with Crippen molar-refractivity contribution in [2.45, 2.75) is 19.8 Å². The fourth-order valence-electron chi connectivity index (χ4n) is 1.72. The zero-order valence-corrected chi connectivity index (χ0v) is 12.2. The highest BCUT2D eigenvalue weighted by Gasteiger charge is 2.12. The van der Waals surface area contributed by atoms with Crippen LogP contribution in [0.15, 0.2) is 24.3 Å². The normalized spacial score (nSPS) is 11.3. The van der Waals surface area contributed by atoms with E-state index in [1.54, 1.807) is 38.2 Å². The molecular formula is C15H19N3O3. The molecule has 0 saturated carbocycles. The number of anilines is 1. The summed E-state index contributed by atoms with van der Waals surface area (Å²) in [6, 6.07) is 8.45. The van der Waals surface area contributed by atoms with Crippen molar-refractivity contribution in [3.05, 3.63) is 29.8 Å². The number of carboxylic acids is 1. The molecule has 21 heavy (non-hydrogen) atoms. The number of hydrogen-bond acceptors (Lipinski definition) is 3. The van der Waals surface area contributed by atoms with Crippen molar-refractivity contribution < 1.29 is 14.7 Å². The fourth-order valence-corrected chi connectivity index (χ4v) is 1.72. The summed E-state index contributed by atoms with van der Waals surface area (Å²) in [7, 11) is 1.64. The first-order chi connectivity index (χ1) is 9.95. The van der Waals surface area contributed by atoms with Crippen molar-refractivity contribution >= 4 is 17.7 Å². The number of aliphatic carboxylic acids is 1. The van der Waals surface area contributed by atoms with Gasteiger partial charge >= 0.3 is 12.0 Å². The monoisotopic (exact) mass is 289 g/mol. The molecule has 0 spiro atoms. The first-order valence-corrected chi connectivity index (χ1v) is 6.70. The van der Waals surface area contributed by atoms with E-state index in [2.05, 4.69) is 5.32 Å². The van der Waals surface area contributed by atoms with Gasteiger partial charge < -0.3 is 10.4 Å². The van der Waals surface area contributed by atoms with Gasteiger partial charge in [0.2, 0.25) is 0 Å². The number of nitrogens with zero attached hydrogens (tertiary/aromatic N) is 2. The Morgan fingerprint density at radius 3 is 2.52 bits per heavy atom. The molecule has 0 radical (unpaired) electrons. The summed E-state index contributed by atoms with van der Waals surface area (Å²) >= 11 is 0. The van der Waals surface area contributed by atoms with E-state index in [9.17, 15) is 9.59 Å². The minimum absolute atomic E-state index is 0.261.